The van der Waals surface area contributed by atoms with Crippen molar-refractivity contribution in [1.29, 1.82) is 0 Å². The molecule has 24 heavy (non-hydrogen) atoms. The molecule has 1 aromatic heterocycles. The van der Waals surface area contributed by atoms with Gasteiger partial charge in [0, 0.05) is 11.6 Å². The van der Waals surface area contributed by atoms with Gasteiger partial charge in [0.1, 0.15) is 5.75 Å². The fraction of sp³-hybridized carbons (Fsp3) is 0.389. The first-order valence-electron chi connectivity index (χ1n) is 8.07. The first-order chi connectivity index (χ1) is 11.7. The van der Waals surface area contributed by atoms with Gasteiger partial charge in [-0.1, -0.05) is 11.6 Å². The number of amides is 1. The third kappa shape index (κ3) is 3.91. The molecule has 0 spiro atoms. The van der Waals surface area contributed by atoms with Gasteiger partial charge >= 0.3 is 0 Å². The highest BCUT2D eigenvalue weighted by Crippen LogP contribution is 2.27. The average Bonchev–Trinajstić information content (AvgIpc) is 3.29. The smallest absolute Gasteiger partial charge is 0.255 e. The van der Waals surface area contributed by atoms with E-state index in [1.54, 1.807) is 36.6 Å². The second-order valence-electron chi connectivity index (χ2n) is 5.87. The van der Waals surface area contributed by atoms with Crippen LogP contribution in [0.5, 0.6) is 5.75 Å². The molecular formula is C18H21ClN2O2S. The van der Waals surface area contributed by atoms with Crippen molar-refractivity contribution in [2.75, 3.05) is 26.7 Å². The molecule has 0 saturated carbocycles. The Morgan fingerprint density at radius 3 is 2.83 bits per heavy atom. The van der Waals surface area contributed by atoms with E-state index in [-0.39, 0.29) is 11.9 Å². The van der Waals surface area contributed by atoms with Gasteiger partial charge in [-0.15, -0.1) is 0 Å². The highest BCUT2D eigenvalue weighted by atomic mass is 35.5. The van der Waals surface area contributed by atoms with Crippen LogP contribution in [0, 0.1) is 0 Å². The Balaban J connectivity index is 1.72. The van der Waals surface area contributed by atoms with Crippen molar-refractivity contribution in [3.8, 4) is 5.75 Å². The number of hydrogen-bond donors (Lipinski definition) is 1. The molecule has 1 amide bonds. The van der Waals surface area contributed by atoms with E-state index in [1.165, 1.54) is 18.4 Å². The number of carbonyl (C=O) groups is 1. The minimum Gasteiger partial charge on any atom is -0.496 e. The summed E-state index contributed by atoms with van der Waals surface area (Å²) in [6.07, 6.45) is 2.44. The molecule has 128 valence electrons. The Labute approximate surface area is 151 Å². The summed E-state index contributed by atoms with van der Waals surface area (Å²) >= 11 is 7.71. The lowest BCUT2D eigenvalue weighted by atomic mass is 10.1. The molecule has 2 heterocycles. The van der Waals surface area contributed by atoms with Crippen molar-refractivity contribution < 1.29 is 9.53 Å². The molecule has 0 bridgehead atoms. The summed E-state index contributed by atoms with van der Waals surface area (Å²) < 4.78 is 5.27. The van der Waals surface area contributed by atoms with Crippen LogP contribution < -0.4 is 10.1 Å². The van der Waals surface area contributed by atoms with Crippen LogP contribution in [0.25, 0.3) is 0 Å². The predicted octanol–water partition coefficient (Wildman–Crippen LogP) is 3.98. The Kier molecular flexibility index (Phi) is 5.76. The monoisotopic (exact) mass is 364 g/mol. The van der Waals surface area contributed by atoms with Crippen molar-refractivity contribution in [2.24, 2.45) is 0 Å². The third-order valence-corrected chi connectivity index (χ3v) is 5.31. The van der Waals surface area contributed by atoms with Crippen LogP contribution in [-0.2, 0) is 0 Å². The van der Waals surface area contributed by atoms with Gasteiger partial charge in [0.05, 0.1) is 18.7 Å². The summed E-state index contributed by atoms with van der Waals surface area (Å²) in [5, 5.41) is 7.82. The lowest BCUT2D eigenvalue weighted by molar-refractivity contribution is 0.0935. The van der Waals surface area contributed by atoms with E-state index in [2.05, 4.69) is 27.0 Å². The van der Waals surface area contributed by atoms with E-state index < -0.39 is 0 Å². The number of benzene rings is 1. The molecule has 2 aromatic rings. The van der Waals surface area contributed by atoms with Crippen molar-refractivity contribution in [3.63, 3.8) is 0 Å². The number of halogens is 1. The molecule has 1 fully saturated rings. The molecule has 0 aliphatic carbocycles. The zero-order valence-corrected chi connectivity index (χ0v) is 15.2. The molecule has 1 aliphatic rings. The van der Waals surface area contributed by atoms with Crippen molar-refractivity contribution in [2.45, 2.75) is 18.9 Å². The number of nitrogens with zero attached hydrogens (tertiary/aromatic N) is 1. The van der Waals surface area contributed by atoms with Gasteiger partial charge in [-0.05, 0) is 66.5 Å². The number of nitrogens with one attached hydrogen (secondary N) is 1. The van der Waals surface area contributed by atoms with Crippen LogP contribution in [-0.4, -0.2) is 37.6 Å². The lowest BCUT2D eigenvalue weighted by Gasteiger charge is -2.27. The van der Waals surface area contributed by atoms with Crippen LogP contribution in [0.1, 0.15) is 34.8 Å². The lowest BCUT2D eigenvalue weighted by Crippen LogP contribution is -2.36. The van der Waals surface area contributed by atoms with Crippen LogP contribution in [0.3, 0.4) is 0 Å². The molecule has 6 heteroatoms. The molecule has 1 N–H and O–H groups in total. The van der Waals surface area contributed by atoms with Crippen molar-refractivity contribution in [1.82, 2.24) is 10.2 Å². The van der Waals surface area contributed by atoms with Gasteiger partial charge in [0.2, 0.25) is 0 Å². The number of thiophene rings is 1. The molecule has 1 aliphatic heterocycles. The average molecular weight is 365 g/mol. The zero-order valence-electron chi connectivity index (χ0n) is 13.6. The minimum absolute atomic E-state index is 0.159. The van der Waals surface area contributed by atoms with Gasteiger partial charge in [0.15, 0.2) is 0 Å². The number of carbonyl (C=O) groups excluding carboxylic acids is 1. The number of rotatable bonds is 6. The van der Waals surface area contributed by atoms with Crippen LogP contribution in [0.2, 0.25) is 5.02 Å². The van der Waals surface area contributed by atoms with Gasteiger partial charge < -0.3 is 10.1 Å². The maximum absolute atomic E-state index is 12.6. The maximum Gasteiger partial charge on any atom is 0.255 e. The van der Waals surface area contributed by atoms with Gasteiger partial charge in [-0.2, -0.15) is 11.3 Å². The fourth-order valence-electron chi connectivity index (χ4n) is 3.12. The van der Waals surface area contributed by atoms with E-state index >= 15 is 0 Å². The topological polar surface area (TPSA) is 41.6 Å². The fourth-order valence-corrected chi connectivity index (χ4v) is 4.00. The number of ether oxygens (including phenoxy) is 1. The van der Waals surface area contributed by atoms with E-state index in [1.807, 2.05) is 0 Å². The van der Waals surface area contributed by atoms with Gasteiger partial charge in [-0.3, -0.25) is 9.69 Å². The van der Waals surface area contributed by atoms with Crippen LogP contribution in [0.4, 0.5) is 0 Å². The normalized spacial score (nSPS) is 16.1. The molecule has 1 unspecified atom stereocenters. The summed E-state index contributed by atoms with van der Waals surface area (Å²) in [5.41, 5.74) is 1.73. The zero-order chi connectivity index (χ0) is 16.9. The molecule has 0 radical (unpaired) electrons. The van der Waals surface area contributed by atoms with Gasteiger partial charge in [-0.25, -0.2) is 0 Å². The largest absolute Gasteiger partial charge is 0.496 e. The molecule has 1 aromatic carbocycles. The Morgan fingerprint density at radius 1 is 1.38 bits per heavy atom. The number of methoxy groups -OCH3 is 1. The summed E-state index contributed by atoms with van der Waals surface area (Å²) in [6.45, 7) is 2.74. The number of likely N-dealkylation sites (tertiary alicyclic amines) is 1. The molecule has 1 saturated heterocycles. The van der Waals surface area contributed by atoms with Crippen molar-refractivity contribution in [3.05, 3.63) is 51.2 Å². The SMILES string of the molecule is COc1ccc(Cl)cc1C(=O)NCC(c1ccsc1)N1CCCC1. The highest BCUT2D eigenvalue weighted by Gasteiger charge is 2.25. The van der Waals surface area contributed by atoms with Gasteiger partial charge in [0.25, 0.3) is 5.91 Å². The molecule has 4 nitrogen and oxygen atoms in total. The second-order valence-corrected chi connectivity index (χ2v) is 7.09. The quantitative estimate of drug-likeness (QED) is 0.843. The third-order valence-electron chi connectivity index (χ3n) is 4.37. The summed E-state index contributed by atoms with van der Waals surface area (Å²) in [7, 11) is 1.55. The second kappa shape index (κ2) is 8.01. The van der Waals surface area contributed by atoms with E-state index in [0.29, 0.717) is 22.9 Å². The van der Waals surface area contributed by atoms with Crippen LogP contribution >= 0.6 is 22.9 Å². The maximum atomic E-state index is 12.6. The Morgan fingerprint density at radius 2 is 2.17 bits per heavy atom. The summed E-state index contributed by atoms with van der Waals surface area (Å²) in [6, 6.07) is 7.43. The Bertz CT molecular complexity index is 684. The van der Waals surface area contributed by atoms with Crippen molar-refractivity contribution >= 4 is 28.8 Å². The van der Waals surface area contributed by atoms with E-state index in [9.17, 15) is 4.79 Å². The minimum atomic E-state index is -0.159. The standard InChI is InChI=1S/C18H21ClN2O2S/c1-23-17-5-4-14(19)10-15(17)18(22)20-11-16(13-6-9-24-12-13)21-7-2-3-8-21/h4-6,9-10,12,16H,2-3,7-8,11H2,1H3,(H,20,22). The van der Waals surface area contributed by atoms with E-state index in [0.717, 1.165) is 13.1 Å². The predicted molar refractivity (Wildman–Crippen MR) is 98.2 cm³/mol. The summed E-state index contributed by atoms with van der Waals surface area (Å²) in [5.74, 6) is 0.374. The molecular weight excluding hydrogens is 344 g/mol. The Hall–Kier alpha value is -1.56. The molecule has 1 atom stereocenters. The van der Waals surface area contributed by atoms with E-state index in [4.69, 9.17) is 16.3 Å². The van der Waals surface area contributed by atoms with Crippen LogP contribution in [0.15, 0.2) is 35.0 Å². The number of hydrogen-bond acceptors (Lipinski definition) is 4. The highest BCUT2D eigenvalue weighted by molar-refractivity contribution is 7.07. The molecule has 3 rings (SSSR count). The summed E-state index contributed by atoms with van der Waals surface area (Å²) in [4.78, 5) is 15.0. The first-order valence-corrected chi connectivity index (χ1v) is 9.39. The first kappa shape index (κ1) is 17.3.